The first-order valence-corrected chi connectivity index (χ1v) is 7.66. The van der Waals surface area contributed by atoms with Crippen LogP contribution in [-0.2, 0) is 4.79 Å². The molecular weight excluding hydrogens is 258 g/mol. The average Bonchev–Trinajstić information content (AvgIpc) is 2.41. The summed E-state index contributed by atoms with van der Waals surface area (Å²) in [6.07, 6.45) is 4.46. The summed E-state index contributed by atoms with van der Waals surface area (Å²) in [7, 11) is 0. The molecule has 1 aromatic carbocycles. The smallest absolute Gasteiger partial charge is 0.304 e. The fourth-order valence-electron chi connectivity index (χ4n) is 2.21. The van der Waals surface area contributed by atoms with Gasteiger partial charge in [-0.3, -0.25) is 9.69 Å². The molecule has 1 saturated heterocycles. The molecule has 102 valence electrons. The monoisotopic (exact) mass is 277 g/mol. The van der Waals surface area contributed by atoms with Crippen LogP contribution in [0, 0.1) is 0 Å². The Morgan fingerprint density at radius 1 is 1.42 bits per heavy atom. The van der Waals surface area contributed by atoms with Crippen molar-refractivity contribution in [3.63, 3.8) is 0 Å². The van der Waals surface area contributed by atoms with Gasteiger partial charge >= 0.3 is 5.97 Å². The van der Waals surface area contributed by atoms with E-state index in [1.807, 2.05) is 30.0 Å². The number of aliphatic carboxylic acids is 1. The Balaban J connectivity index is 1.89. The van der Waals surface area contributed by atoms with E-state index in [0.717, 1.165) is 24.6 Å². The molecule has 1 aliphatic heterocycles. The van der Waals surface area contributed by atoms with Crippen LogP contribution in [0.5, 0.6) is 0 Å². The molecule has 1 unspecified atom stereocenters. The van der Waals surface area contributed by atoms with Gasteiger partial charge in [-0.15, -0.1) is 0 Å². The van der Waals surface area contributed by atoms with Gasteiger partial charge in [0.05, 0.1) is 6.42 Å². The topological polar surface area (TPSA) is 40.5 Å². The zero-order valence-corrected chi connectivity index (χ0v) is 11.7. The summed E-state index contributed by atoms with van der Waals surface area (Å²) in [4.78, 5) is 13.1. The molecule has 2 rings (SSSR count). The predicted molar refractivity (Wildman–Crippen MR) is 80.4 cm³/mol. The largest absolute Gasteiger partial charge is 0.481 e. The Morgan fingerprint density at radius 3 is 2.95 bits per heavy atom. The van der Waals surface area contributed by atoms with Gasteiger partial charge in [-0.2, -0.15) is 11.8 Å². The maximum atomic E-state index is 10.9. The lowest BCUT2D eigenvalue weighted by atomic mass is 10.2. The molecule has 0 bridgehead atoms. The minimum Gasteiger partial charge on any atom is -0.481 e. The first-order chi connectivity index (χ1) is 9.25. The summed E-state index contributed by atoms with van der Waals surface area (Å²) in [5, 5.41) is 8.93. The van der Waals surface area contributed by atoms with Gasteiger partial charge in [-0.1, -0.05) is 42.5 Å². The lowest BCUT2D eigenvalue weighted by Crippen LogP contribution is -2.43. The highest BCUT2D eigenvalue weighted by molar-refractivity contribution is 7.99. The predicted octanol–water partition coefficient (Wildman–Crippen LogP) is 2.59. The summed E-state index contributed by atoms with van der Waals surface area (Å²) in [6.45, 7) is 1.80. The molecule has 4 heteroatoms. The van der Waals surface area contributed by atoms with Crippen molar-refractivity contribution in [3.8, 4) is 0 Å². The minimum atomic E-state index is -0.704. The van der Waals surface area contributed by atoms with Crippen molar-refractivity contribution in [3.05, 3.63) is 42.0 Å². The van der Waals surface area contributed by atoms with Crippen molar-refractivity contribution < 1.29 is 9.90 Å². The van der Waals surface area contributed by atoms with Gasteiger partial charge in [-0.25, -0.2) is 0 Å². The van der Waals surface area contributed by atoms with Crippen LogP contribution in [0.4, 0.5) is 0 Å². The minimum absolute atomic E-state index is 0.164. The molecule has 1 fully saturated rings. The fourth-order valence-corrected chi connectivity index (χ4v) is 3.34. The number of hydrogen-bond acceptors (Lipinski definition) is 3. The second-order valence-corrected chi connectivity index (χ2v) is 5.78. The van der Waals surface area contributed by atoms with E-state index in [1.54, 1.807) is 0 Å². The molecule has 0 saturated carbocycles. The van der Waals surface area contributed by atoms with E-state index in [2.05, 4.69) is 29.2 Å². The van der Waals surface area contributed by atoms with Crippen LogP contribution in [-0.4, -0.2) is 46.6 Å². The van der Waals surface area contributed by atoms with E-state index < -0.39 is 5.97 Å². The Labute approximate surface area is 118 Å². The third-order valence-electron chi connectivity index (χ3n) is 3.21. The van der Waals surface area contributed by atoms with E-state index in [-0.39, 0.29) is 12.5 Å². The Morgan fingerprint density at radius 2 is 2.21 bits per heavy atom. The van der Waals surface area contributed by atoms with E-state index in [1.165, 1.54) is 5.56 Å². The van der Waals surface area contributed by atoms with Gasteiger partial charge < -0.3 is 5.11 Å². The van der Waals surface area contributed by atoms with Gasteiger partial charge in [0.2, 0.25) is 0 Å². The first-order valence-electron chi connectivity index (χ1n) is 6.51. The number of nitrogens with zero attached hydrogens (tertiary/aromatic N) is 1. The molecule has 1 N–H and O–H groups in total. The fraction of sp³-hybridized carbons (Fsp3) is 0.400. The number of hydrogen-bond donors (Lipinski definition) is 1. The molecule has 1 atom stereocenters. The number of thioether (sulfide) groups is 1. The summed E-state index contributed by atoms with van der Waals surface area (Å²) < 4.78 is 0. The van der Waals surface area contributed by atoms with Crippen molar-refractivity contribution in [1.29, 1.82) is 0 Å². The third kappa shape index (κ3) is 4.73. The van der Waals surface area contributed by atoms with E-state index in [0.29, 0.717) is 0 Å². The number of rotatable bonds is 5. The number of carboxylic acid groups (broad SMARTS) is 1. The Kier molecular flexibility index (Phi) is 5.48. The highest BCUT2D eigenvalue weighted by Gasteiger charge is 2.23. The van der Waals surface area contributed by atoms with Crippen molar-refractivity contribution in [2.45, 2.75) is 12.5 Å². The van der Waals surface area contributed by atoms with E-state index >= 15 is 0 Å². The van der Waals surface area contributed by atoms with Gasteiger partial charge in [-0.05, 0) is 5.56 Å². The van der Waals surface area contributed by atoms with Crippen LogP contribution in [0.15, 0.2) is 36.4 Å². The second-order valence-electron chi connectivity index (χ2n) is 4.63. The Hall–Kier alpha value is -1.26. The van der Waals surface area contributed by atoms with Crippen molar-refractivity contribution in [1.82, 2.24) is 4.90 Å². The maximum Gasteiger partial charge on any atom is 0.304 e. The highest BCUT2D eigenvalue weighted by atomic mass is 32.2. The standard InChI is InChI=1S/C15H19NO2S/c17-15(18)11-14-12-19-10-9-16(14)8-4-7-13-5-2-1-3-6-13/h1-7,14H,8-12H2,(H,17,18). The van der Waals surface area contributed by atoms with Crippen LogP contribution in [0.25, 0.3) is 6.08 Å². The summed E-state index contributed by atoms with van der Waals surface area (Å²) >= 11 is 1.85. The SMILES string of the molecule is O=C(O)CC1CSCCN1CC=Cc1ccccc1. The highest BCUT2D eigenvalue weighted by Crippen LogP contribution is 2.19. The van der Waals surface area contributed by atoms with Gasteiger partial charge in [0.15, 0.2) is 0 Å². The van der Waals surface area contributed by atoms with Crippen LogP contribution in [0.1, 0.15) is 12.0 Å². The molecule has 0 amide bonds. The molecular formula is C15H19NO2S. The van der Waals surface area contributed by atoms with Crippen LogP contribution < -0.4 is 0 Å². The first kappa shape index (κ1) is 14.2. The summed E-state index contributed by atoms with van der Waals surface area (Å²) in [5.41, 5.74) is 1.18. The molecule has 19 heavy (non-hydrogen) atoms. The van der Waals surface area contributed by atoms with Crippen molar-refractivity contribution in [2.24, 2.45) is 0 Å². The third-order valence-corrected chi connectivity index (χ3v) is 4.30. The molecule has 1 aliphatic rings. The maximum absolute atomic E-state index is 10.9. The number of carbonyl (C=O) groups is 1. The zero-order chi connectivity index (χ0) is 13.5. The van der Waals surface area contributed by atoms with Crippen LogP contribution in [0.3, 0.4) is 0 Å². The number of carboxylic acids is 1. The summed E-state index contributed by atoms with van der Waals surface area (Å²) in [5.74, 6) is 1.31. The van der Waals surface area contributed by atoms with Gasteiger partial charge in [0.25, 0.3) is 0 Å². The quantitative estimate of drug-likeness (QED) is 0.898. The van der Waals surface area contributed by atoms with Crippen LogP contribution >= 0.6 is 11.8 Å². The zero-order valence-electron chi connectivity index (χ0n) is 10.9. The van der Waals surface area contributed by atoms with E-state index in [9.17, 15) is 4.79 Å². The average molecular weight is 277 g/mol. The van der Waals surface area contributed by atoms with Crippen molar-refractivity contribution >= 4 is 23.8 Å². The lowest BCUT2D eigenvalue weighted by molar-refractivity contribution is -0.138. The van der Waals surface area contributed by atoms with Gasteiger partial charge in [0, 0.05) is 30.6 Å². The molecule has 0 aliphatic carbocycles. The molecule has 0 radical (unpaired) electrons. The summed E-state index contributed by atoms with van der Waals surface area (Å²) in [6, 6.07) is 10.3. The van der Waals surface area contributed by atoms with Gasteiger partial charge in [0.1, 0.15) is 0 Å². The number of benzene rings is 1. The second kappa shape index (κ2) is 7.36. The molecule has 0 spiro atoms. The lowest BCUT2D eigenvalue weighted by Gasteiger charge is -2.33. The van der Waals surface area contributed by atoms with Crippen LogP contribution in [0.2, 0.25) is 0 Å². The molecule has 0 aromatic heterocycles. The van der Waals surface area contributed by atoms with E-state index in [4.69, 9.17) is 5.11 Å². The molecule has 1 heterocycles. The Bertz CT molecular complexity index is 433. The van der Waals surface area contributed by atoms with Crippen molar-refractivity contribution in [2.75, 3.05) is 24.6 Å². The normalized spacial score (nSPS) is 20.7. The molecule has 1 aromatic rings. The molecule has 3 nitrogen and oxygen atoms in total.